The van der Waals surface area contributed by atoms with Crippen molar-refractivity contribution in [3.05, 3.63) is 78.0 Å². The molecule has 1 aliphatic heterocycles. The molecule has 4 aromatic rings. The number of halogens is 5. The fourth-order valence-corrected chi connectivity index (χ4v) is 6.41. The second-order valence-corrected chi connectivity index (χ2v) is 11.4. The molecule has 230 valence electrons. The lowest BCUT2D eigenvalue weighted by Crippen LogP contribution is -2.43. The highest BCUT2D eigenvalue weighted by atomic mass is 35.5. The molecule has 2 aliphatic rings. The molecule has 0 spiro atoms. The minimum absolute atomic E-state index is 0.330. The number of rotatable bonds is 7. The van der Waals surface area contributed by atoms with Gasteiger partial charge in [0.2, 0.25) is 6.93 Å². The molecule has 2 fully saturated rings. The maximum Gasteiger partial charge on any atom is 0.229 e. The molecule has 6 rings (SSSR count). The fourth-order valence-electron chi connectivity index (χ4n) is 5.18. The average molecular weight is 635 g/mol. The largest absolute Gasteiger partial charge is 0.369 e. The van der Waals surface area contributed by atoms with Crippen molar-refractivity contribution in [2.75, 3.05) is 49.9 Å². The molecule has 2 N–H and O–H groups in total. The molecule has 0 radical (unpaired) electrons. The summed E-state index contributed by atoms with van der Waals surface area (Å²) in [5.41, 5.74) is 5.13. The van der Waals surface area contributed by atoms with Crippen molar-refractivity contribution in [3.8, 4) is 28.1 Å². The zero-order chi connectivity index (χ0) is 30.6. The van der Waals surface area contributed by atoms with Crippen LogP contribution in [0.3, 0.4) is 0 Å². The fraction of sp³-hybridized carbons (Fsp3) is 0.355. The lowest BCUT2D eigenvalue weighted by molar-refractivity contribution is 0.295. The summed E-state index contributed by atoms with van der Waals surface area (Å²) >= 11 is 8.11. The third kappa shape index (κ3) is 8.43. The predicted octanol–water partition coefficient (Wildman–Crippen LogP) is 8.27. The maximum atomic E-state index is 16.0. The van der Waals surface area contributed by atoms with E-state index >= 15 is 4.39 Å². The van der Waals surface area contributed by atoms with Crippen LogP contribution in [0, 0.1) is 5.82 Å². The van der Waals surface area contributed by atoms with E-state index in [0.717, 1.165) is 50.3 Å². The second-order valence-electron chi connectivity index (χ2n) is 9.87. The Kier molecular flexibility index (Phi) is 12.5. The van der Waals surface area contributed by atoms with Gasteiger partial charge in [-0.3, -0.25) is 9.37 Å². The minimum atomic E-state index is -1.75. The molecule has 6 nitrogen and oxygen atoms in total. The normalized spacial score (nSPS) is 14.9. The first-order valence-electron chi connectivity index (χ1n) is 14.0. The van der Waals surface area contributed by atoms with E-state index < -0.39 is 6.93 Å². The highest BCUT2D eigenvalue weighted by Crippen LogP contribution is 2.39. The van der Waals surface area contributed by atoms with Crippen molar-refractivity contribution in [2.45, 2.75) is 30.9 Å². The van der Waals surface area contributed by atoms with Gasteiger partial charge in [-0.15, -0.1) is 0 Å². The molecule has 2 aromatic carbocycles. The van der Waals surface area contributed by atoms with Crippen LogP contribution in [0.1, 0.15) is 25.7 Å². The zero-order valence-electron chi connectivity index (χ0n) is 23.9. The van der Waals surface area contributed by atoms with Crippen molar-refractivity contribution < 1.29 is 17.6 Å². The number of piperazine rings is 1. The third-order valence-corrected chi connectivity index (χ3v) is 8.59. The van der Waals surface area contributed by atoms with Crippen LogP contribution < -0.4 is 14.9 Å². The van der Waals surface area contributed by atoms with Gasteiger partial charge in [0.1, 0.15) is 5.69 Å². The van der Waals surface area contributed by atoms with Crippen molar-refractivity contribution >= 4 is 34.9 Å². The van der Waals surface area contributed by atoms with Gasteiger partial charge < -0.3 is 14.9 Å². The molecule has 0 bridgehead atoms. The average Bonchev–Trinajstić information content (AvgIpc) is 3.75. The van der Waals surface area contributed by atoms with Crippen molar-refractivity contribution in [1.29, 1.82) is 0 Å². The van der Waals surface area contributed by atoms with Gasteiger partial charge >= 0.3 is 0 Å². The minimum Gasteiger partial charge on any atom is -0.369 e. The van der Waals surface area contributed by atoms with Gasteiger partial charge in [0.15, 0.2) is 5.82 Å². The topological polar surface area (TPSA) is 58.0 Å². The summed E-state index contributed by atoms with van der Waals surface area (Å²) in [5, 5.41) is 9.27. The van der Waals surface area contributed by atoms with Gasteiger partial charge in [-0.25, -0.2) is 17.9 Å². The number of benzene rings is 2. The zero-order valence-corrected chi connectivity index (χ0v) is 25.5. The highest BCUT2D eigenvalue weighted by molar-refractivity contribution is 8.01. The lowest BCUT2D eigenvalue weighted by atomic mass is 10.0. The molecule has 43 heavy (non-hydrogen) atoms. The first-order valence-corrected chi connectivity index (χ1v) is 15.3. The Balaban J connectivity index is 0.000000798. The molecule has 0 unspecified atom stereocenters. The van der Waals surface area contributed by atoms with Gasteiger partial charge in [-0.05, 0) is 73.3 Å². The summed E-state index contributed by atoms with van der Waals surface area (Å²) in [6, 6.07) is 15.5. The van der Waals surface area contributed by atoms with E-state index in [2.05, 4.69) is 44.2 Å². The number of nitrogens with one attached hydrogen (secondary N) is 2. The van der Waals surface area contributed by atoms with Crippen molar-refractivity contribution in [3.63, 3.8) is 0 Å². The van der Waals surface area contributed by atoms with Gasteiger partial charge in [0.05, 0.1) is 18.6 Å². The highest BCUT2D eigenvalue weighted by Gasteiger charge is 2.22. The Labute approximate surface area is 259 Å². The maximum absolute atomic E-state index is 16.0. The molecular formula is C31H35ClF4N6S. The van der Waals surface area contributed by atoms with Crippen LogP contribution in [0.5, 0.6) is 0 Å². The SMILES string of the molecule is CF.FCF.Fc1c(NSC2CCCC2)cc(Cl)cc1-c1cn(-c2ccc(N3CCNCC3)cc2)nc1-c1ccncc1. The number of hydrogen-bond acceptors (Lipinski definition) is 6. The molecule has 0 atom stereocenters. The van der Waals surface area contributed by atoms with Crippen LogP contribution in [-0.2, 0) is 0 Å². The third-order valence-electron chi connectivity index (χ3n) is 7.23. The smallest absolute Gasteiger partial charge is 0.229 e. The Bertz CT molecular complexity index is 1410. The Morgan fingerprint density at radius 2 is 1.58 bits per heavy atom. The number of anilines is 2. The number of pyridine rings is 1. The summed E-state index contributed by atoms with van der Waals surface area (Å²) in [6.07, 6.45) is 10.1. The van der Waals surface area contributed by atoms with Crippen LogP contribution in [0.4, 0.5) is 28.9 Å². The summed E-state index contributed by atoms with van der Waals surface area (Å²) in [4.78, 5) is 6.52. The van der Waals surface area contributed by atoms with E-state index in [1.54, 1.807) is 36.5 Å². The summed E-state index contributed by atoms with van der Waals surface area (Å²) in [7, 11) is 0.500. The number of nitrogens with zero attached hydrogens (tertiary/aromatic N) is 4. The monoisotopic (exact) mass is 634 g/mol. The molecule has 1 aliphatic carbocycles. The van der Waals surface area contributed by atoms with Crippen LogP contribution in [0.15, 0.2) is 67.1 Å². The van der Waals surface area contributed by atoms with Gasteiger partial charge in [-0.1, -0.05) is 24.4 Å². The van der Waals surface area contributed by atoms with Crippen molar-refractivity contribution in [2.24, 2.45) is 0 Å². The van der Waals surface area contributed by atoms with Gasteiger partial charge in [0, 0.05) is 77.4 Å². The van der Waals surface area contributed by atoms with Gasteiger partial charge in [-0.2, -0.15) is 5.10 Å². The first kappa shape index (κ1) is 32.6. The van der Waals surface area contributed by atoms with E-state index in [9.17, 15) is 13.2 Å². The van der Waals surface area contributed by atoms with E-state index in [0.29, 0.717) is 40.0 Å². The summed E-state index contributed by atoms with van der Waals surface area (Å²) in [5.74, 6) is -0.330. The summed E-state index contributed by atoms with van der Waals surface area (Å²) in [6.45, 7) is 2.20. The second kappa shape index (κ2) is 16.5. The predicted molar refractivity (Wildman–Crippen MR) is 170 cm³/mol. The molecule has 12 heteroatoms. The van der Waals surface area contributed by atoms with E-state index in [4.69, 9.17) is 16.7 Å². The van der Waals surface area contributed by atoms with Crippen LogP contribution in [-0.4, -0.2) is 60.3 Å². The summed E-state index contributed by atoms with van der Waals surface area (Å²) < 4.78 is 49.8. The standard InChI is InChI=1S/C29H30ClFN6S.CH2F2.CH3F/c30-21-17-25(28(31)27(18-21)35-38-24-3-1-2-4-24)26-19-37(34-29(26)20-9-11-32-12-10-20)23-7-5-22(6-8-23)36-15-13-33-14-16-36;2-1-3;1-2/h5-12,17-19,24,33,35H,1-4,13-16H2;1H2;1H3. The Morgan fingerprint density at radius 3 is 2.23 bits per heavy atom. The van der Waals surface area contributed by atoms with E-state index in [1.807, 2.05) is 23.0 Å². The molecule has 3 heterocycles. The lowest BCUT2D eigenvalue weighted by Gasteiger charge is -2.29. The Hall–Kier alpha value is -3.28. The number of aromatic nitrogens is 3. The number of hydrogen-bond donors (Lipinski definition) is 2. The molecular weight excluding hydrogens is 600 g/mol. The molecule has 2 aromatic heterocycles. The van der Waals surface area contributed by atoms with E-state index in [1.165, 1.54) is 18.5 Å². The quantitative estimate of drug-likeness (QED) is 0.158. The molecule has 0 amide bonds. The molecule has 1 saturated heterocycles. The Morgan fingerprint density at radius 1 is 0.953 bits per heavy atom. The van der Waals surface area contributed by atoms with Crippen LogP contribution in [0.25, 0.3) is 28.1 Å². The molecule has 1 saturated carbocycles. The van der Waals surface area contributed by atoms with Crippen LogP contribution >= 0.6 is 23.5 Å². The van der Waals surface area contributed by atoms with Gasteiger partial charge in [0.25, 0.3) is 0 Å². The van der Waals surface area contributed by atoms with E-state index in [-0.39, 0.29) is 5.82 Å². The van der Waals surface area contributed by atoms with Crippen molar-refractivity contribution in [1.82, 2.24) is 20.1 Å². The number of alkyl halides is 3. The van der Waals surface area contributed by atoms with Crippen LogP contribution in [0.2, 0.25) is 5.02 Å². The first-order chi connectivity index (χ1) is 21.1.